The van der Waals surface area contributed by atoms with E-state index in [1.165, 1.54) is 4.57 Å². The summed E-state index contributed by atoms with van der Waals surface area (Å²) >= 11 is 0. The van der Waals surface area contributed by atoms with E-state index in [0.29, 0.717) is 18.8 Å². The molecule has 5 rings (SSSR count). The van der Waals surface area contributed by atoms with Gasteiger partial charge in [-0.2, -0.15) is 0 Å². The van der Waals surface area contributed by atoms with Crippen LogP contribution in [-0.4, -0.2) is 44.4 Å². The zero-order valence-electron chi connectivity index (χ0n) is 20.5. The van der Waals surface area contributed by atoms with Gasteiger partial charge < -0.3 is 14.2 Å². The molecule has 2 aromatic heterocycles. The van der Waals surface area contributed by atoms with E-state index < -0.39 is 11.2 Å². The van der Waals surface area contributed by atoms with Crippen LogP contribution < -0.4 is 16.1 Å². The highest BCUT2D eigenvalue weighted by Gasteiger charge is 2.29. The normalized spacial score (nSPS) is 15.3. The number of methoxy groups -OCH3 is 1. The third-order valence-electron chi connectivity index (χ3n) is 6.79. The number of ether oxygens (including phenoxy) is 1. The second-order valence-electron chi connectivity index (χ2n) is 9.13. The Morgan fingerprint density at radius 1 is 1.06 bits per heavy atom. The molecule has 186 valence electrons. The van der Waals surface area contributed by atoms with Crippen LogP contribution in [0.2, 0.25) is 0 Å². The van der Waals surface area contributed by atoms with Gasteiger partial charge >= 0.3 is 5.69 Å². The van der Waals surface area contributed by atoms with Gasteiger partial charge in [0.1, 0.15) is 6.54 Å². The average molecular weight is 488 g/mol. The highest BCUT2D eigenvalue weighted by atomic mass is 16.5. The van der Waals surface area contributed by atoms with Crippen LogP contribution in [0.25, 0.3) is 11.2 Å². The van der Waals surface area contributed by atoms with Crippen molar-refractivity contribution in [2.24, 2.45) is 0 Å². The molecule has 0 bridgehead atoms. The molecule has 0 spiro atoms. The topological polar surface area (TPSA) is 91.4 Å². The number of aryl methyl sites for hydroxylation is 1. The Hall–Kier alpha value is -3.98. The van der Waals surface area contributed by atoms with Gasteiger partial charge in [0.2, 0.25) is 5.91 Å². The summed E-state index contributed by atoms with van der Waals surface area (Å²) in [6.07, 6.45) is 3.25. The molecule has 0 fully saturated rings. The van der Waals surface area contributed by atoms with Crippen LogP contribution in [0, 0.1) is 0 Å². The first-order chi connectivity index (χ1) is 17.5. The minimum absolute atomic E-state index is 0.0365. The van der Waals surface area contributed by atoms with Gasteiger partial charge in [-0.05, 0) is 37.0 Å². The van der Waals surface area contributed by atoms with Crippen LogP contribution in [-0.2, 0) is 35.6 Å². The number of carbonyl (C=O) groups excluding carboxylic acids is 1. The largest absolute Gasteiger partial charge is 0.383 e. The van der Waals surface area contributed by atoms with Crippen LogP contribution in [0.5, 0.6) is 0 Å². The summed E-state index contributed by atoms with van der Waals surface area (Å²) in [5.74, 6) is -0.289. The Bertz CT molecular complexity index is 1520. The number of aromatic nitrogens is 4. The molecule has 4 aromatic rings. The Balaban J connectivity index is 1.61. The Kier molecular flexibility index (Phi) is 6.56. The summed E-state index contributed by atoms with van der Waals surface area (Å²) in [5, 5.41) is 0. The fourth-order valence-corrected chi connectivity index (χ4v) is 4.93. The summed E-state index contributed by atoms with van der Waals surface area (Å²) in [7, 11) is 1.58. The number of amides is 1. The molecule has 0 saturated heterocycles. The standard InChI is InChI=1S/C27H29N5O4/c1-19-12-13-21-10-6-7-11-22(21)32(19)23(33)17-31-26(34)24-25(28-18-29(24)14-15-36-2)30(27(31)35)16-20-8-4-3-5-9-20/h3-11,18-19H,12-17H2,1-2H3. The van der Waals surface area contributed by atoms with E-state index >= 15 is 0 Å². The molecule has 3 heterocycles. The van der Waals surface area contributed by atoms with Crippen molar-refractivity contribution < 1.29 is 9.53 Å². The van der Waals surface area contributed by atoms with Gasteiger partial charge in [-0.1, -0.05) is 48.5 Å². The van der Waals surface area contributed by atoms with Crippen molar-refractivity contribution in [2.45, 2.75) is 45.4 Å². The van der Waals surface area contributed by atoms with E-state index in [4.69, 9.17) is 4.74 Å². The van der Waals surface area contributed by atoms with Gasteiger partial charge in [-0.15, -0.1) is 0 Å². The van der Waals surface area contributed by atoms with Gasteiger partial charge in [0, 0.05) is 25.4 Å². The zero-order chi connectivity index (χ0) is 25.2. The number of para-hydroxylation sites is 1. The van der Waals surface area contributed by atoms with Crippen molar-refractivity contribution in [3.8, 4) is 0 Å². The molecular formula is C27H29N5O4. The first-order valence-electron chi connectivity index (χ1n) is 12.1. The van der Waals surface area contributed by atoms with E-state index in [9.17, 15) is 14.4 Å². The molecule has 1 unspecified atom stereocenters. The lowest BCUT2D eigenvalue weighted by molar-refractivity contribution is -0.119. The molecule has 1 atom stereocenters. The molecule has 1 aliphatic heterocycles. The summed E-state index contributed by atoms with van der Waals surface area (Å²) in [5.41, 5.74) is 2.31. The van der Waals surface area contributed by atoms with Crippen LogP contribution in [0.15, 0.2) is 70.5 Å². The second kappa shape index (κ2) is 9.94. The highest BCUT2D eigenvalue weighted by molar-refractivity contribution is 5.95. The van der Waals surface area contributed by atoms with Crippen molar-refractivity contribution >= 4 is 22.8 Å². The maximum absolute atomic E-state index is 13.7. The van der Waals surface area contributed by atoms with Crippen LogP contribution in [0.3, 0.4) is 0 Å². The van der Waals surface area contributed by atoms with Crippen molar-refractivity contribution in [3.05, 3.63) is 92.9 Å². The number of hydrogen-bond donors (Lipinski definition) is 0. The SMILES string of the molecule is COCCn1cnc2c1c(=O)n(CC(=O)N1c3ccccc3CCC1C)c(=O)n2Cc1ccccc1. The minimum atomic E-state index is -0.556. The summed E-state index contributed by atoms with van der Waals surface area (Å²) < 4.78 is 9.38. The Morgan fingerprint density at radius 3 is 2.58 bits per heavy atom. The highest BCUT2D eigenvalue weighted by Crippen LogP contribution is 2.30. The molecule has 0 radical (unpaired) electrons. The molecular weight excluding hydrogens is 458 g/mol. The third kappa shape index (κ3) is 4.26. The average Bonchev–Trinajstić information content (AvgIpc) is 3.32. The summed E-state index contributed by atoms with van der Waals surface area (Å²) in [4.78, 5) is 47.0. The molecule has 9 heteroatoms. The fraction of sp³-hybridized carbons (Fsp3) is 0.333. The number of nitrogens with zero attached hydrogens (tertiary/aromatic N) is 5. The lowest BCUT2D eigenvalue weighted by atomic mass is 9.96. The molecule has 0 saturated carbocycles. The Morgan fingerprint density at radius 2 is 1.81 bits per heavy atom. The maximum Gasteiger partial charge on any atom is 0.333 e. The molecule has 36 heavy (non-hydrogen) atoms. The monoisotopic (exact) mass is 487 g/mol. The van der Waals surface area contributed by atoms with Crippen molar-refractivity contribution in [1.82, 2.24) is 18.7 Å². The van der Waals surface area contributed by atoms with E-state index in [-0.39, 0.29) is 30.6 Å². The predicted octanol–water partition coefficient (Wildman–Crippen LogP) is 2.42. The number of anilines is 1. The van der Waals surface area contributed by atoms with Crippen LogP contribution in [0.4, 0.5) is 5.69 Å². The quantitative estimate of drug-likeness (QED) is 0.399. The van der Waals surface area contributed by atoms with Crippen molar-refractivity contribution in [3.63, 3.8) is 0 Å². The van der Waals surface area contributed by atoms with E-state index in [1.807, 2.05) is 61.5 Å². The van der Waals surface area contributed by atoms with Crippen LogP contribution >= 0.6 is 0 Å². The van der Waals surface area contributed by atoms with Crippen molar-refractivity contribution in [2.75, 3.05) is 18.6 Å². The Labute approximate surface area is 208 Å². The zero-order valence-corrected chi connectivity index (χ0v) is 20.5. The lowest BCUT2D eigenvalue weighted by Gasteiger charge is -2.35. The molecule has 1 aliphatic rings. The molecule has 0 aliphatic carbocycles. The molecule has 1 amide bonds. The number of benzene rings is 2. The number of carbonyl (C=O) groups is 1. The smallest absolute Gasteiger partial charge is 0.333 e. The van der Waals surface area contributed by atoms with Gasteiger partial charge in [0.15, 0.2) is 11.2 Å². The molecule has 0 N–H and O–H groups in total. The first-order valence-corrected chi connectivity index (χ1v) is 12.1. The number of fused-ring (bicyclic) bond motifs is 2. The molecule has 2 aromatic carbocycles. The first kappa shape index (κ1) is 23.7. The number of hydrogen-bond acceptors (Lipinski definition) is 5. The summed E-state index contributed by atoms with van der Waals surface area (Å²) in [6.45, 7) is 2.65. The number of rotatable bonds is 7. The van der Waals surface area contributed by atoms with E-state index in [1.54, 1.807) is 22.9 Å². The second-order valence-corrected chi connectivity index (χ2v) is 9.13. The van der Waals surface area contributed by atoms with Gasteiger partial charge in [0.05, 0.1) is 19.5 Å². The molecule has 9 nitrogen and oxygen atoms in total. The minimum Gasteiger partial charge on any atom is -0.383 e. The fourth-order valence-electron chi connectivity index (χ4n) is 4.93. The van der Waals surface area contributed by atoms with E-state index in [2.05, 4.69) is 4.98 Å². The third-order valence-corrected chi connectivity index (χ3v) is 6.79. The summed E-state index contributed by atoms with van der Waals surface area (Å²) in [6, 6.07) is 17.3. The number of imidazole rings is 1. The lowest BCUT2D eigenvalue weighted by Crippen LogP contribution is -2.48. The van der Waals surface area contributed by atoms with Gasteiger partial charge in [0.25, 0.3) is 5.56 Å². The van der Waals surface area contributed by atoms with Gasteiger partial charge in [-0.3, -0.25) is 14.2 Å². The van der Waals surface area contributed by atoms with Gasteiger partial charge in [-0.25, -0.2) is 14.3 Å². The van der Waals surface area contributed by atoms with Crippen molar-refractivity contribution in [1.29, 1.82) is 0 Å². The van der Waals surface area contributed by atoms with E-state index in [0.717, 1.165) is 34.2 Å². The van der Waals surface area contributed by atoms with Crippen LogP contribution in [0.1, 0.15) is 24.5 Å². The predicted molar refractivity (Wildman–Crippen MR) is 137 cm³/mol. The maximum atomic E-state index is 13.7.